The van der Waals surface area contributed by atoms with Crippen molar-refractivity contribution in [3.63, 3.8) is 0 Å². The first-order valence-electron chi connectivity index (χ1n) is 24.4. The van der Waals surface area contributed by atoms with Crippen molar-refractivity contribution in [3.05, 3.63) is 261 Å². The summed E-state index contributed by atoms with van der Waals surface area (Å²) in [5, 5.41) is 9.93. The highest BCUT2D eigenvalue weighted by molar-refractivity contribution is 6.38. The Morgan fingerprint density at radius 1 is 0.380 bits per heavy atom. The van der Waals surface area contributed by atoms with Crippen molar-refractivity contribution in [3.8, 4) is 22.3 Å². The fourth-order valence-electron chi connectivity index (χ4n) is 11.8. The molecule has 0 atom stereocenters. The molecule has 4 nitrogen and oxygen atoms in total. The third-order valence-corrected chi connectivity index (χ3v) is 14.6. The van der Waals surface area contributed by atoms with Gasteiger partial charge in [-0.1, -0.05) is 189 Å². The van der Waals surface area contributed by atoms with Crippen molar-refractivity contribution in [1.29, 1.82) is 0 Å². The van der Waals surface area contributed by atoms with Crippen LogP contribution in [0, 0.1) is 0 Å². The summed E-state index contributed by atoms with van der Waals surface area (Å²) in [5.41, 5.74) is 18.7. The molecule has 14 aromatic rings. The Morgan fingerprint density at radius 2 is 0.803 bits per heavy atom. The van der Waals surface area contributed by atoms with Crippen molar-refractivity contribution < 1.29 is 0 Å². The number of para-hydroxylation sites is 5. The monoisotopic (exact) mass is 906 g/mol. The van der Waals surface area contributed by atoms with Crippen LogP contribution in [-0.2, 0) is 0 Å². The standard InChI is InChI=1S/C67H46N4/c1-3-4-10-23-44(2)68(47-28-15-7-16-29-47)50-38-40-52-54-34-21-36-56-62-61(46-26-13-6-14-27-46)67-63(60(45-24-11-5-12-25-45)66(62)70(64(54)56)58(52)42-50)57-37-22-35-55-53-41-39-51(43-59(53)71(67)65(55)57)69(48-30-17-8-18-31-48)49-32-19-9-20-33-49/h3-43H,1H2,2H3/b10-4-,44-23+. The Kier molecular flexibility index (Phi) is 9.23. The van der Waals surface area contributed by atoms with Gasteiger partial charge < -0.3 is 18.6 Å². The van der Waals surface area contributed by atoms with E-state index in [9.17, 15) is 0 Å². The summed E-state index contributed by atoms with van der Waals surface area (Å²) >= 11 is 0. The van der Waals surface area contributed by atoms with Gasteiger partial charge in [0.05, 0.1) is 33.1 Å². The van der Waals surface area contributed by atoms with E-state index in [-0.39, 0.29) is 0 Å². The van der Waals surface area contributed by atoms with Crippen LogP contribution in [0.3, 0.4) is 0 Å². The highest BCUT2D eigenvalue weighted by Gasteiger charge is 2.31. The summed E-state index contributed by atoms with van der Waals surface area (Å²) < 4.78 is 5.22. The molecule has 14 rings (SSSR count). The largest absolute Gasteiger partial charge is 0.314 e. The van der Waals surface area contributed by atoms with Crippen LogP contribution < -0.4 is 9.80 Å². The lowest BCUT2D eigenvalue weighted by molar-refractivity contribution is 1.16. The van der Waals surface area contributed by atoms with Gasteiger partial charge in [-0.2, -0.15) is 0 Å². The summed E-state index contributed by atoms with van der Waals surface area (Å²) in [6.45, 7) is 6.10. The average Bonchev–Trinajstić information content (AvgIpc) is 4.17. The molecule has 0 fully saturated rings. The molecule has 0 aliphatic rings. The van der Waals surface area contributed by atoms with Crippen molar-refractivity contribution in [1.82, 2.24) is 8.80 Å². The van der Waals surface area contributed by atoms with E-state index in [0.717, 1.165) is 34.1 Å². The predicted octanol–water partition coefficient (Wildman–Crippen LogP) is 18.6. The van der Waals surface area contributed by atoms with E-state index in [1.807, 2.05) is 12.2 Å². The zero-order chi connectivity index (χ0) is 47.2. The van der Waals surface area contributed by atoms with Gasteiger partial charge in [-0.15, -0.1) is 0 Å². The number of anilines is 5. The molecule has 10 aromatic carbocycles. The molecule has 4 heterocycles. The number of aromatic nitrogens is 2. The second kappa shape index (κ2) is 16.1. The normalized spacial score (nSPS) is 12.4. The Hall–Kier alpha value is -9.38. The molecule has 0 saturated heterocycles. The maximum Gasteiger partial charge on any atom is 0.0634 e. The van der Waals surface area contributed by atoms with Crippen LogP contribution >= 0.6 is 0 Å². The van der Waals surface area contributed by atoms with Crippen molar-refractivity contribution in [2.24, 2.45) is 0 Å². The molecular formula is C67H46N4. The van der Waals surface area contributed by atoms with E-state index < -0.39 is 0 Å². The topological polar surface area (TPSA) is 15.3 Å². The van der Waals surface area contributed by atoms with E-state index >= 15 is 0 Å². The van der Waals surface area contributed by atoms with Crippen LogP contribution in [-0.4, -0.2) is 8.80 Å². The van der Waals surface area contributed by atoms with Gasteiger partial charge in [0.25, 0.3) is 0 Å². The number of rotatable bonds is 10. The third kappa shape index (κ3) is 6.05. The van der Waals surface area contributed by atoms with E-state index in [1.54, 1.807) is 0 Å². The Labute approximate surface area is 411 Å². The summed E-state index contributed by atoms with van der Waals surface area (Å²) in [6, 6.07) is 82.3. The number of nitrogens with zero attached hydrogens (tertiary/aromatic N) is 4. The second-order valence-corrected chi connectivity index (χ2v) is 18.5. The molecule has 0 saturated carbocycles. The molecule has 0 bridgehead atoms. The van der Waals surface area contributed by atoms with Gasteiger partial charge in [0.2, 0.25) is 0 Å². The van der Waals surface area contributed by atoms with Gasteiger partial charge in [0.1, 0.15) is 0 Å². The van der Waals surface area contributed by atoms with Crippen LogP contribution in [0.5, 0.6) is 0 Å². The van der Waals surface area contributed by atoms with Gasteiger partial charge in [0, 0.05) is 88.4 Å². The maximum atomic E-state index is 3.92. The van der Waals surface area contributed by atoms with Crippen LogP contribution in [0.1, 0.15) is 6.92 Å². The number of hydrogen-bond donors (Lipinski definition) is 0. The lowest BCUT2D eigenvalue weighted by atomic mass is 9.89. The molecule has 334 valence electrons. The third-order valence-electron chi connectivity index (χ3n) is 14.6. The fourth-order valence-corrected chi connectivity index (χ4v) is 11.8. The van der Waals surface area contributed by atoms with Gasteiger partial charge in [-0.25, -0.2) is 0 Å². The minimum absolute atomic E-state index is 1.09. The molecule has 0 aliphatic heterocycles. The van der Waals surface area contributed by atoms with Gasteiger partial charge in [-0.3, -0.25) is 0 Å². The summed E-state index contributed by atoms with van der Waals surface area (Å²) in [5.74, 6) is 0. The molecule has 0 N–H and O–H groups in total. The van der Waals surface area contributed by atoms with Crippen LogP contribution in [0.25, 0.3) is 98.4 Å². The van der Waals surface area contributed by atoms with E-state index in [2.05, 4.69) is 269 Å². The van der Waals surface area contributed by atoms with Gasteiger partial charge in [0.15, 0.2) is 0 Å². The van der Waals surface area contributed by atoms with E-state index in [0.29, 0.717) is 0 Å². The average molecular weight is 907 g/mol. The molecule has 4 heteroatoms. The van der Waals surface area contributed by atoms with Crippen LogP contribution in [0.2, 0.25) is 0 Å². The maximum absolute atomic E-state index is 3.92. The Balaban J connectivity index is 1.17. The molecular weight excluding hydrogens is 861 g/mol. The van der Waals surface area contributed by atoms with Crippen LogP contribution in [0.15, 0.2) is 261 Å². The Bertz CT molecular complexity index is 4360. The minimum Gasteiger partial charge on any atom is -0.314 e. The minimum atomic E-state index is 1.09. The highest BCUT2D eigenvalue weighted by Crippen LogP contribution is 2.54. The predicted molar refractivity (Wildman–Crippen MR) is 303 cm³/mol. The second-order valence-electron chi connectivity index (χ2n) is 18.5. The SMILES string of the molecule is C=C/C=C\C=C(/C)N(c1ccccc1)c1ccc2c3cccc4c5c(-c6ccccc6)c6c(c(-c7ccccc7)c5n(c2c1)c34)c1cccc2c3ccc(N(c4ccccc4)c4ccccc4)cc3n6c21. The van der Waals surface area contributed by atoms with Crippen molar-refractivity contribution >= 4 is 105 Å². The smallest absolute Gasteiger partial charge is 0.0634 e. The van der Waals surface area contributed by atoms with Crippen molar-refractivity contribution in [2.75, 3.05) is 9.80 Å². The highest BCUT2D eigenvalue weighted by atomic mass is 15.2. The summed E-state index contributed by atoms with van der Waals surface area (Å²) in [7, 11) is 0. The number of allylic oxidation sites excluding steroid dienone is 5. The van der Waals surface area contributed by atoms with E-state index in [4.69, 9.17) is 0 Å². The van der Waals surface area contributed by atoms with E-state index in [1.165, 1.54) is 98.4 Å². The number of fused-ring (bicyclic) bond motifs is 12. The molecule has 0 aliphatic carbocycles. The zero-order valence-corrected chi connectivity index (χ0v) is 39.2. The first-order chi connectivity index (χ1) is 35.2. The lowest BCUT2D eigenvalue weighted by Gasteiger charge is -2.26. The van der Waals surface area contributed by atoms with Gasteiger partial charge in [-0.05, 0) is 84.8 Å². The number of hydrogen-bond acceptors (Lipinski definition) is 2. The molecule has 0 spiro atoms. The molecule has 0 radical (unpaired) electrons. The van der Waals surface area contributed by atoms with Gasteiger partial charge >= 0.3 is 0 Å². The molecule has 0 unspecified atom stereocenters. The lowest BCUT2D eigenvalue weighted by Crippen LogP contribution is -2.14. The zero-order valence-electron chi connectivity index (χ0n) is 39.2. The quantitative estimate of drug-likeness (QED) is 0.127. The summed E-state index contributed by atoms with van der Waals surface area (Å²) in [4.78, 5) is 4.73. The Morgan fingerprint density at radius 3 is 1.28 bits per heavy atom. The molecule has 4 aromatic heterocycles. The first-order valence-corrected chi connectivity index (χ1v) is 24.4. The van der Waals surface area contributed by atoms with Crippen LogP contribution in [0.4, 0.5) is 28.4 Å². The first kappa shape index (κ1) is 40.7. The van der Waals surface area contributed by atoms with Crippen molar-refractivity contribution in [2.45, 2.75) is 6.92 Å². The summed E-state index contributed by atoms with van der Waals surface area (Å²) in [6.07, 6.45) is 8.02. The fraction of sp³-hybridized carbons (Fsp3) is 0.0149. The number of benzene rings is 10. The molecule has 71 heavy (non-hydrogen) atoms. The molecule has 0 amide bonds.